The zero-order valence-corrected chi connectivity index (χ0v) is 13.7. The molecule has 0 aliphatic carbocycles. The molecule has 1 aromatic heterocycles. The molecule has 0 spiro atoms. The first-order chi connectivity index (χ1) is 11.0. The SMILES string of the molecule is CC(=O)Nc1cccc2c(S(=O)(=O)Nc3nccs3)cccc12. The quantitative estimate of drug-likeness (QED) is 0.759. The smallest absolute Gasteiger partial charge is 0.264 e. The molecule has 0 radical (unpaired) electrons. The Hall–Kier alpha value is -2.45. The molecule has 3 aromatic rings. The van der Waals surface area contributed by atoms with Crippen molar-refractivity contribution >= 4 is 48.9 Å². The monoisotopic (exact) mass is 347 g/mol. The Morgan fingerprint density at radius 1 is 1.13 bits per heavy atom. The lowest BCUT2D eigenvalue weighted by atomic mass is 10.1. The number of amides is 1. The Bertz CT molecular complexity index is 967. The average molecular weight is 347 g/mol. The summed E-state index contributed by atoms with van der Waals surface area (Å²) in [5.41, 5.74) is 0.571. The van der Waals surface area contributed by atoms with Crippen LogP contribution in [-0.4, -0.2) is 19.3 Å². The third-order valence-electron chi connectivity index (χ3n) is 3.14. The van der Waals surface area contributed by atoms with Crippen LogP contribution in [0.15, 0.2) is 52.9 Å². The predicted molar refractivity (Wildman–Crippen MR) is 91.2 cm³/mol. The second-order valence-corrected chi connectivity index (χ2v) is 7.33. The number of sulfonamides is 1. The van der Waals surface area contributed by atoms with E-state index in [2.05, 4.69) is 15.0 Å². The van der Waals surface area contributed by atoms with Crippen molar-refractivity contribution in [3.63, 3.8) is 0 Å². The van der Waals surface area contributed by atoms with Crippen LogP contribution < -0.4 is 10.0 Å². The van der Waals surface area contributed by atoms with Crippen molar-refractivity contribution < 1.29 is 13.2 Å². The molecule has 0 unspecified atom stereocenters. The third kappa shape index (κ3) is 3.17. The van der Waals surface area contributed by atoms with E-state index in [9.17, 15) is 13.2 Å². The zero-order valence-electron chi connectivity index (χ0n) is 12.1. The fraction of sp³-hybridized carbons (Fsp3) is 0.0667. The van der Waals surface area contributed by atoms with Gasteiger partial charge in [-0.15, -0.1) is 11.3 Å². The summed E-state index contributed by atoms with van der Waals surface area (Å²) < 4.78 is 27.7. The molecule has 2 N–H and O–H groups in total. The number of carbonyl (C=O) groups is 1. The molecule has 0 saturated heterocycles. The highest BCUT2D eigenvalue weighted by Crippen LogP contribution is 2.30. The van der Waals surface area contributed by atoms with Crippen molar-refractivity contribution in [1.29, 1.82) is 0 Å². The van der Waals surface area contributed by atoms with E-state index in [1.807, 2.05) is 0 Å². The van der Waals surface area contributed by atoms with E-state index < -0.39 is 10.0 Å². The molecule has 0 saturated carbocycles. The maximum absolute atomic E-state index is 12.6. The molecule has 0 aliphatic rings. The van der Waals surface area contributed by atoms with Crippen molar-refractivity contribution in [2.45, 2.75) is 11.8 Å². The summed E-state index contributed by atoms with van der Waals surface area (Å²) in [5.74, 6) is -0.216. The highest BCUT2D eigenvalue weighted by Gasteiger charge is 2.19. The number of hydrogen-bond acceptors (Lipinski definition) is 5. The molecule has 6 nitrogen and oxygen atoms in total. The molecular formula is C15H13N3O3S2. The topological polar surface area (TPSA) is 88.2 Å². The van der Waals surface area contributed by atoms with Crippen LogP contribution in [0.4, 0.5) is 10.8 Å². The van der Waals surface area contributed by atoms with Gasteiger partial charge >= 0.3 is 0 Å². The molecule has 3 rings (SSSR count). The zero-order chi connectivity index (χ0) is 16.4. The lowest BCUT2D eigenvalue weighted by Crippen LogP contribution is -2.13. The van der Waals surface area contributed by atoms with Gasteiger partial charge < -0.3 is 5.32 Å². The van der Waals surface area contributed by atoms with Crippen LogP contribution >= 0.6 is 11.3 Å². The van der Waals surface area contributed by atoms with Crippen molar-refractivity contribution in [1.82, 2.24) is 4.98 Å². The van der Waals surface area contributed by atoms with Gasteiger partial charge in [-0.3, -0.25) is 9.52 Å². The van der Waals surface area contributed by atoms with E-state index in [-0.39, 0.29) is 10.8 Å². The van der Waals surface area contributed by atoms with Gasteiger partial charge in [0.2, 0.25) is 5.91 Å². The standard InChI is InChI=1S/C15H13N3O3S2/c1-10(19)17-13-6-2-5-12-11(13)4-3-7-14(12)23(20,21)18-15-16-8-9-22-15/h2-9H,1H3,(H,16,18)(H,17,19). The lowest BCUT2D eigenvalue weighted by Gasteiger charge is -2.11. The van der Waals surface area contributed by atoms with E-state index in [1.54, 1.807) is 35.7 Å². The maximum Gasteiger partial charge on any atom is 0.264 e. The average Bonchev–Trinajstić information content (AvgIpc) is 2.98. The summed E-state index contributed by atoms with van der Waals surface area (Å²) in [5, 5.41) is 5.89. The number of carbonyl (C=O) groups excluding carboxylic acids is 1. The number of hydrogen-bond donors (Lipinski definition) is 2. The largest absolute Gasteiger partial charge is 0.326 e. The van der Waals surface area contributed by atoms with Crippen molar-refractivity contribution in [3.05, 3.63) is 48.0 Å². The summed E-state index contributed by atoms with van der Waals surface area (Å²) in [6, 6.07) is 10.1. The Balaban J connectivity index is 2.13. The van der Waals surface area contributed by atoms with Crippen molar-refractivity contribution in [2.75, 3.05) is 10.0 Å². The van der Waals surface area contributed by atoms with Gasteiger partial charge in [0.1, 0.15) is 0 Å². The summed E-state index contributed by atoms with van der Waals surface area (Å²) in [6.07, 6.45) is 1.53. The molecule has 0 bridgehead atoms. The molecule has 8 heteroatoms. The summed E-state index contributed by atoms with van der Waals surface area (Å²) >= 11 is 1.20. The highest BCUT2D eigenvalue weighted by molar-refractivity contribution is 7.93. The molecule has 0 fully saturated rings. The molecule has 1 amide bonds. The second kappa shape index (κ2) is 5.98. The summed E-state index contributed by atoms with van der Waals surface area (Å²) in [4.78, 5) is 15.4. The Morgan fingerprint density at radius 2 is 1.87 bits per heavy atom. The van der Waals surface area contributed by atoms with Crippen LogP contribution in [-0.2, 0) is 14.8 Å². The van der Waals surface area contributed by atoms with E-state index in [1.165, 1.54) is 30.5 Å². The van der Waals surface area contributed by atoms with E-state index in [0.717, 1.165) is 0 Å². The molecule has 0 aliphatic heterocycles. The first-order valence-corrected chi connectivity index (χ1v) is 9.05. The number of anilines is 2. The van der Waals surface area contributed by atoms with Crippen LogP contribution in [0.5, 0.6) is 0 Å². The van der Waals surface area contributed by atoms with Crippen molar-refractivity contribution in [3.8, 4) is 0 Å². The number of aromatic nitrogens is 1. The number of fused-ring (bicyclic) bond motifs is 1. The summed E-state index contributed by atoms with van der Waals surface area (Å²) in [6.45, 7) is 1.41. The second-order valence-electron chi connectivity index (χ2n) is 4.78. The first kappa shape index (κ1) is 15.4. The van der Waals surface area contributed by atoms with E-state index in [0.29, 0.717) is 21.6 Å². The maximum atomic E-state index is 12.6. The van der Waals surface area contributed by atoms with Crippen LogP contribution in [0.1, 0.15) is 6.92 Å². The van der Waals surface area contributed by atoms with Crippen LogP contribution in [0.3, 0.4) is 0 Å². The molecule has 23 heavy (non-hydrogen) atoms. The van der Waals surface area contributed by atoms with Gasteiger partial charge in [0, 0.05) is 35.0 Å². The number of nitrogens with zero attached hydrogens (tertiary/aromatic N) is 1. The fourth-order valence-corrected chi connectivity index (χ4v) is 4.27. The van der Waals surface area contributed by atoms with Crippen LogP contribution in [0.25, 0.3) is 10.8 Å². The molecule has 1 heterocycles. The van der Waals surface area contributed by atoms with Gasteiger partial charge in [-0.2, -0.15) is 0 Å². The van der Waals surface area contributed by atoms with Gasteiger partial charge in [0.25, 0.3) is 10.0 Å². The predicted octanol–water partition coefficient (Wildman–Crippen LogP) is 3.06. The fourth-order valence-electron chi connectivity index (χ4n) is 2.26. The lowest BCUT2D eigenvalue weighted by molar-refractivity contribution is -0.114. The van der Waals surface area contributed by atoms with Crippen LogP contribution in [0.2, 0.25) is 0 Å². The Kier molecular flexibility index (Phi) is 4.01. The molecular weight excluding hydrogens is 334 g/mol. The van der Waals surface area contributed by atoms with Crippen LogP contribution in [0, 0.1) is 0 Å². The molecule has 118 valence electrons. The first-order valence-electron chi connectivity index (χ1n) is 6.69. The van der Waals surface area contributed by atoms with Gasteiger partial charge in [0.15, 0.2) is 5.13 Å². The van der Waals surface area contributed by atoms with Gasteiger partial charge in [0.05, 0.1) is 4.90 Å². The number of nitrogens with one attached hydrogen (secondary N) is 2. The molecule has 0 atom stereocenters. The minimum atomic E-state index is -3.77. The van der Waals surface area contributed by atoms with Crippen molar-refractivity contribution in [2.24, 2.45) is 0 Å². The van der Waals surface area contributed by atoms with Gasteiger partial charge in [-0.05, 0) is 12.1 Å². The van der Waals surface area contributed by atoms with Gasteiger partial charge in [-0.1, -0.05) is 24.3 Å². The summed E-state index contributed by atoms with van der Waals surface area (Å²) in [7, 11) is -3.77. The number of rotatable bonds is 4. The highest BCUT2D eigenvalue weighted by atomic mass is 32.2. The Morgan fingerprint density at radius 3 is 2.57 bits per heavy atom. The third-order valence-corrected chi connectivity index (χ3v) is 5.35. The number of benzene rings is 2. The van der Waals surface area contributed by atoms with E-state index in [4.69, 9.17) is 0 Å². The Labute approximate surface area is 137 Å². The minimum absolute atomic E-state index is 0.136. The molecule has 2 aromatic carbocycles. The normalized spacial score (nSPS) is 11.3. The van der Waals surface area contributed by atoms with E-state index >= 15 is 0 Å². The number of thiazole rings is 1. The van der Waals surface area contributed by atoms with Gasteiger partial charge in [-0.25, -0.2) is 13.4 Å². The minimum Gasteiger partial charge on any atom is -0.326 e.